The molecule has 1 aliphatic heterocycles. The molecule has 2 heterocycles. The highest BCUT2D eigenvalue weighted by Gasteiger charge is 2.24. The number of nitrogens with one attached hydrogen (secondary N) is 1. The topological polar surface area (TPSA) is 82.6 Å². The van der Waals surface area contributed by atoms with Crippen molar-refractivity contribution in [2.24, 2.45) is 0 Å². The van der Waals surface area contributed by atoms with Crippen molar-refractivity contribution >= 4 is 17.7 Å². The normalized spacial score (nSPS) is 15.1. The molecular formula is C21H24N4O3. The number of rotatable bonds is 4. The van der Waals surface area contributed by atoms with Gasteiger partial charge in [-0.25, -0.2) is 0 Å². The summed E-state index contributed by atoms with van der Waals surface area (Å²) in [6.07, 6.45) is 2.93. The fraction of sp³-hybridized carbons (Fsp3) is 0.333. The van der Waals surface area contributed by atoms with Crippen LogP contribution < -0.4 is 5.32 Å². The van der Waals surface area contributed by atoms with E-state index in [1.54, 1.807) is 15.9 Å². The third-order valence-corrected chi connectivity index (χ3v) is 4.91. The van der Waals surface area contributed by atoms with E-state index >= 15 is 0 Å². The molecule has 7 heteroatoms. The zero-order valence-corrected chi connectivity index (χ0v) is 16.1. The van der Waals surface area contributed by atoms with E-state index in [4.69, 9.17) is 0 Å². The van der Waals surface area contributed by atoms with Gasteiger partial charge in [0.05, 0.1) is 17.2 Å². The molecule has 0 saturated carbocycles. The lowest BCUT2D eigenvalue weighted by atomic mass is 10.1. The SMILES string of the molecule is CC(=O)N1CCN(C(=O)c2cncc(C(=O)NC(C)c3ccccc3)c2)CC1. The van der Waals surface area contributed by atoms with Gasteiger partial charge in [0, 0.05) is 45.5 Å². The molecule has 1 aromatic heterocycles. The van der Waals surface area contributed by atoms with Crippen LogP contribution in [0.5, 0.6) is 0 Å². The summed E-state index contributed by atoms with van der Waals surface area (Å²) in [6.45, 7) is 5.41. The first-order valence-electron chi connectivity index (χ1n) is 9.31. The summed E-state index contributed by atoms with van der Waals surface area (Å²) in [6, 6.07) is 11.1. The molecule has 0 radical (unpaired) electrons. The third kappa shape index (κ3) is 4.54. The van der Waals surface area contributed by atoms with E-state index in [1.807, 2.05) is 37.3 Å². The van der Waals surface area contributed by atoms with Gasteiger partial charge in [-0.2, -0.15) is 0 Å². The van der Waals surface area contributed by atoms with Crippen LogP contribution in [0.2, 0.25) is 0 Å². The summed E-state index contributed by atoms with van der Waals surface area (Å²) in [7, 11) is 0. The first-order valence-corrected chi connectivity index (χ1v) is 9.31. The number of amides is 3. The van der Waals surface area contributed by atoms with Gasteiger partial charge in [0.2, 0.25) is 5.91 Å². The van der Waals surface area contributed by atoms with Gasteiger partial charge in [0.1, 0.15) is 0 Å². The number of pyridine rings is 1. The number of nitrogens with zero attached hydrogens (tertiary/aromatic N) is 3. The third-order valence-electron chi connectivity index (χ3n) is 4.91. The lowest BCUT2D eigenvalue weighted by molar-refractivity contribution is -0.130. The van der Waals surface area contributed by atoms with Crippen molar-refractivity contribution in [3.63, 3.8) is 0 Å². The molecule has 1 atom stereocenters. The number of piperazine rings is 1. The average Bonchev–Trinajstić information content (AvgIpc) is 2.74. The number of hydrogen-bond donors (Lipinski definition) is 1. The van der Waals surface area contributed by atoms with Gasteiger partial charge in [-0.05, 0) is 18.6 Å². The minimum atomic E-state index is -0.278. The zero-order valence-electron chi connectivity index (χ0n) is 16.1. The Bertz CT molecular complexity index is 861. The molecule has 1 fully saturated rings. The van der Waals surface area contributed by atoms with Gasteiger partial charge in [-0.15, -0.1) is 0 Å². The fourth-order valence-corrected chi connectivity index (χ4v) is 3.19. The maximum absolute atomic E-state index is 12.7. The van der Waals surface area contributed by atoms with Crippen LogP contribution >= 0.6 is 0 Å². The molecular weight excluding hydrogens is 356 g/mol. The second kappa shape index (κ2) is 8.65. The Morgan fingerprint density at radius 2 is 1.57 bits per heavy atom. The lowest BCUT2D eigenvalue weighted by Crippen LogP contribution is -2.50. The molecule has 1 aromatic carbocycles. The Kier molecular flexibility index (Phi) is 6.03. The summed E-state index contributed by atoms with van der Waals surface area (Å²) < 4.78 is 0. The van der Waals surface area contributed by atoms with Crippen LogP contribution in [-0.2, 0) is 4.79 Å². The van der Waals surface area contributed by atoms with Crippen molar-refractivity contribution in [3.05, 3.63) is 65.5 Å². The van der Waals surface area contributed by atoms with Crippen LogP contribution in [0.3, 0.4) is 0 Å². The monoisotopic (exact) mass is 380 g/mol. The van der Waals surface area contributed by atoms with Crippen molar-refractivity contribution in [1.82, 2.24) is 20.1 Å². The highest BCUT2D eigenvalue weighted by molar-refractivity contribution is 5.99. The van der Waals surface area contributed by atoms with Crippen LogP contribution in [0.1, 0.15) is 46.2 Å². The summed E-state index contributed by atoms with van der Waals surface area (Å²) in [4.78, 5) is 44.2. The van der Waals surface area contributed by atoms with Gasteiger partial charge in [-0.3, -0.25) is 19.4 Å². The summed E-state index contributed by atoms with van der Waals surface area (Å²) in [5, 5.41) is 2.93. The quantitative estimate of drug-likeness (QED) is 0.878. The molecule has 1 aliphatic rings. The van der Waals surface area contributed by atoms with E-state index in [9.17, 15) is 14.4 Å². The summed E-state index contributed by atoms with van der Waals surface area (Å²) in [5.74, 6) is -0.443. The molecule has 28 heavy (non-hydrogen) atoms. The standard InChI is InChI=1S/C21H24N4O3/c1-15(17-6-4-3-5-7-17)23-20(27)18-12-19(14-22-13-18)21(28)25-10-8-24(9-11-25)16(2)26/h3-7,12-15H,8-11H2,1-2H3,(H,23,27). The molecule has 2 aromatic rings. The maximum Gasteiger partial charge on any atom is 0.255 e. The Labute approximate surface area is 164 Å². The zero-order chi connectivity index (χ0) is 20.1. The van der Waals surface area contributed by atoms with Crippen molar-refractivity contribution in [2.45, 2.75) is 19.9 Å². The Morgan fingerprint density at radius 1 is 0.964 bits per heavy atom. The van der Waals surface area contributed by atoms with Crippen LogP contribution in [0, 0.1) is 0 Å². The minimum absolute atomic E-state index is 0.0139. The first kappa shape index (κ1) is 19.5. The number of hydrogen-bond acceptors (Lipinski definition) is 4. The lowest BCUT2D eigenvalue weighted by Gasteiger charge is -2.34. The summed E-state index contributed by atoms with van der Waals surface area (Å²) in [5.41, 5.74) is 1.71. The van der Waals surface area contributed by atoms with Gasteiger partial charge < -0.3 is 15.1 Å². The van der Waals surface area contributed by atoms with Gasteiger partial charge >= 0.3 is 0 Å². The number of benzene rings is 1. The van der Waals surface area contributed by atoms with Gasteiger partial charge in [0.25, 0.3) is 11.8 Å². The highest BCUT2D eigenvalue weighted by atomic mass is 16.2. The number of carbonyl (C=O) groups is 3. The molecule has 0 bridgehead atoms. The van der Waals surface area contributed by atoms with Gasteiger partial charge in [-0.1, -0.05) is 30.3 Å². The van der Waals surface area contributed by atoms with Crippen LogP contribution in [0.25, 0.3) is 0 Å². The fourth-order valence-electron chi connectivity index (χ4n) is 3.19. The second-order valence-electron chi connectivity index (χ2n) is 6.87. The van der Waals surface area contributed by atoms with Crippen molar-refractivity contribution in [2.75, 3.05) is 26.2 Å². The predicted molar refractivity (Wildman–Crippen MR) is 105 cm³/mol. The molecule has 0 aliphatic carbocycles. The van der Waals surface area contributed by atoms with Crippen LogP contribution in [-0.4, -0.2) is 58.7 Å². The van der Waals surface area contributed by atoms with Crippen molar-refractivity contribution in [1.29, 1.82) is 0 Å². The van der Waals surface area contributed by atoms with E-state index in [0.29, 0.717) is 37.3 Å². The largest absolute Gasteiger partial charge is 0.345 e. The molecule has 3 amide bonds. The molecule has 7 nitrogen and oxygen atoms in total. The van der Waals surface area contributed by atoms with E-state index < -0.39 is 0 Å². The molecule has 1 unspecified atom stereocenters. The molecule has 3 rings (SSSR count). The van der Waals surface area contributed by atoms with Gasteiger partial charge in [0.15, 0.2) is 0 Å². The minimum Gasteiger partial charge on any atom is -0.345 e. The Hall–Kier alpha value is -3.22. The number of carbonyl (C=O) groups excluding carboxylic acids is 3. The van der Waals surface area contributed by atoms with Crippen LogP contribution in [0.4, 0.5) is 0 Å². The van der Waals surface area contributed by atoms with E-state index in [0.717, 1.165) is 5.56 Å². The van der Waals surface area contributed by atoms with Crippen molar-refractivity contribution in [3.8, 4) is 0 Å². The van der Waals surface area contributed by atoms with Crippen molar-refractivity contribution < 1.29 is 14.4 Å². The average molecular weight is 380 g/mol. The molecule has 1 N–H and O–H groups in total. The molecule has 1 saturated heterocycles. The van der Waals surface area contributed by atoms with E-state index in [1.165, 1.54) is 19.3 Å². The first-order chi connectivity index (χ1) is 13.5. The predicted octanol–water partition coefficient (Wildman–Crippen LogP) is 1.88. The second-order valence-corrected chi connectivity index (χ2v) is 6.87. The van der Waals surface area contributed by atoms with E-state index in [-0.39, 0.29) is 23.8 Å². The molecule has 146 valence electrons. The Morgan fingerprint density at radius 3 is 2.21 bits per heavy atom. The Balaban J connectivity index is 1.65. The van der Waals surface area contributed by atoms with Crippen LogP contribution in [0.15, 0.2) is 48.8 Å². The van der Waals surface area contributed by atoms with E-state index in [2.05, 4.69) is 10.3 Å². The molecule has 0 spiro atoms. The highest BCUT2D eigenvalue weighted by Crippen LogP contribution is 2.14. The smallest absolute Gasteiger partial charge is 0.255 e. The number of aromatic nitrogens is 1. The maximum atomic E-state index is 12.7. The summed E-state index contributed by atoms with van der Waals surface area (Å²) >= 11 is 0.